The Bertz CT molecular complexity index is 687. The van der Waals surface area contributed by atoms with Gasteiger partial charge < -0.3 is 9.47 Å². The molecule has 2 rings (SSSR count). The van der Waals surface area contributed by atoms with Gasteiger partial charge in [0.05, 0.1) is 9.95 Å². The largest absolute Gasteiger partial charge is 0.482 e. The minimum atomic E-state index is -0.657. The highest BCUT2D eigenvalue weighted by Gasteiger charge is 2.11. The average Bonchev–Trinajstić information content (AvgIpc) is 2.50. The number of non-ortho nitro benzene ring substituents is 1. The lowest BCUT2D eigenvalue weighted by molar-refractivity contribution is -0.384. The number of nitrogens with zero attached hydrogens (tertiary/aromatic N) is 1. The van der Waals surface area contributed by atoms with Crippen molar-refractivity contribution < 1.29 is 19.2 Å². The molecule has 22 heavy (non-hydrogen) atoms. The van der Waals surface area contributed by atoms with Crippen LogP contribution in [0.2, 0.25) is 5.02 Å². The van der Waals surface area contributed by atoms with E-state index in [-0.39, 0.29) is 10.7 Å². The third-order valence-corrected chi connectivity index (χ3v) is 2.95. The first-order valence-electron chi connectivity index (χ1n) is 6.26. The van der Waals surface area contributed by atoms with Crippen LogP contribution in [0.25, 0.3) is 0 Å². The van der Waals surface area contributed by atoms with Crippen LogP contribution >= 0.6 is 11.6 Å². The van der Waals surface area contributed by atoms with Crippen molar-refractivity contribution in [2.75, 3.05) is 0 Å². The van der Waals surface area contributed by atoms with Gasteiger partial charge in [0.15, 0.2) is 6.10 Å². The van der Waals surface area contributed by atoms with Gasteiger partial charge in [0.25, 0.3) is 5.69 Å². The maximum Gasteiger partial charge on any atom is 0.271 e. The summed E-state index contributed by atoms with van der Waals surface area (Å²) in [6, 6.07) is 10.5. The van der Waals surface area contributed by atoms with Crippen LogP contribution in [0, 0.1) is 10.1 Å². The molecule has 7 heteroatoms. The highest BCUT2D eigenvalue weighted by Crippen LogP contribution is 2.32. The molecular weight excluding hydrogens is 310 g/mol. The molecule has 0 N–H and O–H groups in total. The Morgan fingerprint density at radius 1 is 1.18 bits per heavy atom. The van der Waals surface area contributed by atoms with E-state index in [9.17, 15) is 14.9 Å². The first-order valence-corrected chi connectivity index (χ1v) is 6.63. The van der Waals surface area contributed by atoms with Crippen molar-refractivity contribution in [2.45, 2.75) is 13.0 Å². The maximum atomic E-state index is 10.6. The summed E-state index contributed by atoms with van der Waals surface area (Å²) in [5, 5.41) is 10.8. The van der Waals surface area contributed by atoms with Gasteiger partial charge in [-0.1, -0.05) is 11.6 Å². The Kier molecular flexibility index (Phi) is 4.95. The third kappa shape index (κ3) is 3.95. The lowest BCUT2D eigenvalue weighted by Gasteiger charge is -2.10. The van der Waals surface area contributed by atoms with Crippen LogP contribution in [0.5, 0.6) is 17.2 Å². The summed E-state index contributed by atoms with van der Waals surface area (Å²) < 4.78 is 10.8. The molecule has 0 bridgehead atoms. The van der Waals surface area contributed by atoms with E-state index in [2.05, 4.69) is 0 Å². The van der Waals surface area contributed by atoms with Crippen molar-refractivity contribution in [1.82, 2.24) is 0 Å². The van der Waals surface area contributed by atoms with Crippen molar-refractivity contribution in [2.24, 2.45) is 0 Å². The average molecular weight is 321 g/mol. The standard InChI is InChI=1S/C15H11ClNO5/c1-10(9-18)21-12-3-5-13(6-4-12)22-15-7-2-11(17(19)20)8-14(15)16/h2-8,10H,1H3. The van der Waals surface area contributed by atoms with E-state index in [1.165, 1.54) is 18.2 Å². The van der Waals surface area contributed by atoms with Gasteiger partial charge in [-0.2, -0.15) is 0 Å². The molecule has 0 aliphatic carbocycles. The number of nitro benzene ring substituents is 1. The van der Waals surface area contributed by atoms with Gasteiger partial charge in [-0.25, -0.2) is 0 Å². The van der Waals surface area contributed by atoms with Gasteiger partial charge >= 0.3 is 0 Å². The predicted molar refractivity (Wildman–Crippen MR) is 80.4 cm³/mol. The molecule has 6 nitrogen and oxygen atoms in total. The molecule has 2 aromatic rings. The van der Waals surface area contributed by atoms with Gasteiger partial charge in [0.1, 0.15) is 17.2 Å². The molecule has 0 saturated heterocycles. The Balaban J connectivity index is 2.11. The highest BCUT2D eigenvalue weighted by atomic mass is 35.5. The fourth-order valence-corrected chi connectivity index (χ4v) is 1.84. The zero-order chi connectivity index (χ0) is 16.1. The smallest absolute Gasteiger partial charge is 0.271 e. The Morgan fingerprint density at radius 3 is 2.36 bits per heavy atom. The van der Waals surface area contributed by atoms with Crippen LogP contribution in [0.1, 0.15) is 6.92 Å². The van der Waals surface area contributed by atoms with Crippen LogP contribution in [0.4, 0.5) is 5.69 Å². The van der Waals surface area contributed by atoms with Crippen molar-refractivity contribution in [3.05, 3.63) is 57.6 Å². The molecule has 0 spiro atoms. The molecular formula is C15H11ClNO5. The predicted octanol–water partition coefficient (Wildman–Crippen LogP) is 3.92. The van der Waals surface area contributed by atoms with Crippen molar-refractivity contribution >= 4 is 23.6 Å². The summed E-state index contributed by atoms with van der Waals surface area (Å²) in [7, 11) is 0. The monoisotopic (exact) mass is 320 g/mol. The lowest BCUT2D eigenvalue weighted by atomic mass is 10.3. The number of carbonyl (C=O) groups excluding carboxylic acids is 1. The lowest BCUT2D eigenvalue weighted by Crippen LogP contribution is -2.12. The Labute approximate surface area is 131 Å². The van der Waals surface area contributed by atoms with Crippen LogP contribution in [-0.2, 0) is 4.79 Å². The minimum Gasteiger partial charge on any atom is -0.482 e. The first kappa shape index (κ1) is 15.8. The summed E-state index contributed by atoms with van der Waals surface area (Å²) in [4.78, 5) is 20.5. The second kappa shape index (κ2) is 6.91. The molecule has 0 fully saturated rings. The molecule has 1 radical (unpaired) electrons. The van der Waals surface area contributed by atoms with Crippen LogP contribution < -0.4 is 9.47 Å². The zero-order valence-electron chi connectivity index (χ0n) is 11.5. The molecule has 113 valence electrons. The zero-order valence-corrected chi connectivity index (χ0v) is 12.2. The van der Waals surface area contributed by atoms with Crippen LogP contribution in [0.3, 0.4) is 0 Å². The molecule has 2 aromatic carbocycles. The number of halogens is 1. The van der Waals surface area contributed by atoms with E-state index in [0.717, 1.165) is 0 Å². The van der Waals surface area contributed by atoms with Crippen molar-refractivity contribution in [3.63, 3.8) is 0 Å². The van der Waals surface area contributed by atoms with E-state index < -0.39 is 11.0 Å². The summed E-state index contributed by atoms with van der Waals surface area (Å²) in [5.74, 6) is 1.28. The van der Waals surface area contributed by atoms with Gasteiger partial charge in [-0.05, 0) is 37.3 Å². The molecule has 1 atom stereocenters. The van der Waals surface area contributed by atoms with Crippen molar-refractivity contribution in [1.29, 1.82) is 0 Å². The van der Waals surface area contributed by atoms with E-state index in [1.54, 1.807) is 37.5 Å². The molecule has 0 amide bonds. The molecule has 0 saturated carbocycles. The maximum absolute atomic E-state index is 10.6. The topological polar surface area (TPSA) is 78.7 Å². The number of hydrogen-bond donors (Lipinski definition) is 0. The molecule has 0 heterocycles. The molecule has 0 aliphatic rings. The van der Waals surface area contributed by atoms with Crippen LogP contribution in [-0.4, -0.2) is 17.3 Å². The molecule has 1 unspecified atom stereocenters. The number of nitro groups is 1. The van der Waals surface area contributed by atoms with Gasteiger partial charge in [-0.15, -0.1) is 0 Å². The Morgan fingerprint density at radius 2 is 1.82 bits per heavy atom. The summed E-state index contributed by atoms with van der Waals surface area (Å²) in [6.07, 6.45) is 1.06. The third-order valence-electron chi connectivity index (χ3n) is 2.66. The van der Waals surface area contributed by atoms with Crippen molar-refractivity contribution in [3.8, 4) is 17.2 Å². The Hall–Kier alpha value is -2.60. The summed E-state index contributed by atoms with van der Waals surface area (Å²) >= 11 is 5.95. The van der Waals surface area contributed by atoms with E-state index in [0.29, 0.717) is 17.2 Å². The quantitative estimate of drug-likeness (QED) is 0.595. The second-order valence-electron chi connectivity index (χ2n) is 4.32. The highest BCUT2D eigenvalue weighted by molar-refractivity contribution is 6.32. The van der Waals surface area contributed by atoms with E-state index >= 15 is 0 Å². The fraction of sp³-hybridized carbons (Fsp3) is 0.133. The van der Waals surface area contributed by atoms with Gasteiger partial charge in [-0.3, -0.25) is 14.9 Å². The van der Waals surface area contributed by atoms with E-state index in [1.807, 2.05) is 0 Å². The number of benzene rings is 2. The summed E-state index contributed by atoms with van der Waals surface area (Å²) in [6.45, 7) is 1.58. The molecule has 0 aromatic heterocycles. The number of ether oxygens (including phenoxy) is 2. The van der Waals surface area contributed by atoms with E-state index in [4.69, 9.17) is 21.1 Å². The van der Waals surface area contributed by atoms with Gasteiger partial charge in [0, 0.05) is 12.1 Å². The molecule has 0 aliphatic heterocycles. The minimum absolute atomic E-state index is 0.111. The SMILES string of the molecule is CC([C]=O)Oc1ccc(Oc2ccc([N+](=O)[O-])cc2Cl)cc1. The van der Waals surface area contributed by atoms with Gasteiger partial charge in [0.2, 0.25) is 6.29 Å². The number of hydrogen-bond acceptors (Lipinski definition) is 5. The second-order valence-corrected chi connectivity index (χ2v) is 4.73. The summed E-state index contributed by atoms with van der Waals surface area (Å²) in [5.41, 5.74) is -0.111. The fourth-order valence-electron chi connectivity index (χ4n) is 1.63. The first-order chi connectivity index (χ1) is 10.5. The van der Waals surface area contributed by atoms with Crippen LogP contribution in [0.15, 0.2) is 42.5 Å². The normalized spacial score (nSPS) is 11.5. The number of rotatable bonds is 6.